The van der Waals surface area contributed by atoms with Crippen LogP contribution in [-0.4, -0.2) is 45.5 Å². The van der Waals surface area contributed by atoms with Crippen molar-refractivity contribution in [1.29, 1.82) is 0 Å². The van der Waals surface area contributed by atoms with E-state index in [0.717, 1.165) is 11.1 Å². The zero-order chi connectivity index (χ0) is 16.5. The zero-order valence-electron chi connectivity index (χ0n) is 13.2. The normalized spacial score (nSPS) is 19.5. The lowest BCUT2D eigenvalue weighted by Crippen LogP contribution is -2.53. The van der Waals surface area contributed by atoms with E-state index < -0.39 is 23.8 Å². The van der Waals surface area contributed by atoms with Crippen molar-refractivity contribution in [2.45, 2.75) is 51.5 Å². The first-order valence-electron chi connectivity index (χ1n) is 7.40. The maximum Gasteiger partial charge on any atom is 0.410 e. The fraction of sp³-hybridized carbons (Fsp3) is 0.562. The van der Waals surface area contributed by atoms with Gasteiger partial charge in [0.05, 0.1) is 12.1 Å². The summed E-state index contributed by atoms with van der Waals surface area (Å²) in [5.41, 5.74) is 6.80. The van der Waals surface area contributed by atoms with Gasteiger partial charge in [-0.05, 0) is 50.5 Å². The van der Waals surface area contributed by atoms with Crippen molar-refractivity contribution in [1.82, 2.24) is 4.90 Å². The molecule has 0 aromatic heterocycles. The molecule has 6 nitrogen and oxygen atoms in total. The number of nitrogens with two attached hydrogens (primary N) is 1. The number of aliphatic hydroxyl groups is 1. The third kappa shape index (κ3) is 3.69. The Balaban J connectivity index is 2.30. The molecule has 0 saturated carbocycles. The Hall–Kier alpha value is -1.79. The molecule has 122 valence electrons. The molecule has 1 aromatic rings. The second-order valence-electron chi connectivity index (χ2n) is 6.64. The minimum absolute atomic E-state index is 0.0668. The molecular weight excluding hydrogens is 284 g/mol. The lowest BCUT2D eigenvalue weighted by Gasteiger charge is -2.39. The number of amides is 1. The molecule has 0 aliphatic carbocycles. The van der Waals surface area contributed by atoms with Gasteiger partial charge in [0.25, 0.3) is 0 Å². The minimum Gasteiger partial charge on any atom is -0.508 e. The molecule has 0 bridgehead atoms. The van der Waals surface area contributed by atoms with Crippen LogP contribution < -0.4 is 5.73 Å². The van der Waals surface area contributed by atoms with Crippen LogP contribution in [0, 0.1) is 0 Å². The zero-order valence-corrected chi connectivity index (χ0v) is 13.2. The maximum absolute atomic E-state index is 12.4. The van der Waals surface area contributed by atoms with E-state index in [2.05, 4.69) is 0 Å². The second kappa shape index (κ2) is 6.14. The van der Waals surface area contributed by atoms with Crippen LogP contribution >= 0.6 is 0 Å². The van der Waals surface area contributed by atoms with Crippen LogP contribution in [0.4, 0.5) is 4.79 Å². The van der Waals surface area contributed by atoms with E-state index >= 15 is 0 Å². The van der Waals surface area contributed by atoms with Gasteiger partial charge in [0.15, 0.2) is 0 Å². The molecule has 1 aliphatic rings. The molecule has 0 fully saturated rings. The van der Waals surface area contributed by atoms with Crippen LogP contribution in [0.5, 0.6) is 5.75 Å². The van der Waals surface area contributed by atoms with E-state index in [1.165, 1.54) is 4.90 Å². The predicted molar refractivity (Wildman–Crippen MR) is 82.4 cm³/mol. The average molecular weight is 308 g/mol. The van der Waals surface area contributed by atoms with Crippen LogP contribution in [0.25, 0.3) is 0 Å². The third-order valence-corrected chi connectivity index (χ3v) is 3.67. The number of fused-ring (bicyclic) bond motifs is 1. The van der Waals surface area contributed by atoms with E-state index in [-0.39, 0.29) is 18.8 Å². The summed E-state index contributed by atoms with van der Waals surface area (Å²) in [6, 6.07) is 4.62. The molecule has 0 spiro atoms. The summed E-state index contributed by atoms with van der Waals surface area (Å²) in [6.45, 7) is 5.73. The number of nitrogens with zero attached hydrogens (tertiary/aromatic N) is 1. The van der Waals surface area contributed by atoms with Gasteiger partial charge in [0.1, 0.15) is 11.4 Å². The van der Waals surface area contributed by atoms with Crippen molar-refractivity contribution < 1.29 is 19.7 Å². The van der Waals surface area contributed by atoms with Gasteiger partial charge < -0.3 is 20.7 Å². The number of carbonyl (C=O) groups excluding carboxylic acids is 1. The summed E-state index contributed by atoms with van der Waals surface area (Å²) in [5.74, 6) is 0.153. The Morgan fingerprint density at radius 1 is 1.45 bits per heavy atom. The number of aromatic hydroxyl groups is 1. The number of aliphatic hydroxyl groups excluding tert-OH is 1. The summed E-state index contributed by atoms with van der Waals surface area (Å²) < 4.78 is 5.42. The smallest absolute Gasteiger partial charge is 0.410 e. The SMILES string of the molecule is CC(C)(C)OC(=O)N1Cc2cc(O)ccc2C[C@H]1[C@H](O)CN. The fourth-order valence-electron chi connectivity index (χ4n) is 2.62. The number of phenolic OH excluding ortho intramolecular Hbond substituents is 1. The molecule has 2 atom stereocenters. The van der Waals surface area contributed by atoms with E-state index in [1.54, 1.807) is 32.9 Å². The van der Waals surface area contributed by atoms with Crippen molar-refractivity contribution in [2.24, 2.45) is 5.73 Å². The molecule has 1 aliphatic heterocycles. The number of carbonyl (C=O) groups is 1. The molecule has 4 N–H and O–H groups in total. The molecule has 2 rings (SSSR count). The molecular formula is C16H24N2O4. The Morgan fingerprint density at radius 3 is 2.73 bits per heavy atom. The summed E-state index contributed by atoms with van der Waals surface area (Å²) in [6.07, 6.45) is -0.832. The lowest BCUT2D eigenvalue weighted by molar-refractivity contribution is -0.0101. The van der Waals surface area contributed by atoms with Gasteiger partial charge >= 0.3 is 6.09 Å². The number of ether oxygens (including phenoxy) is 1. The highest BCUT2D eigenvalue weighted by Crippen LogP contribution is 2.29. The van der Waals surface area contributed by atoms with Gasteiger partial charge in [-0.2, -0.15) is 0 Å². The Bertz CT molecular complexity index is 554. The Labute approximate surface area is 130 Å². The highest BCUT2D eigenvalue weighted by atomic mass is 16.6. The highest BCUT2D eigenvalue weighted by Gasteiger charge is 2.36. The molecule has 1 aromatic carbocycles. The number of hydrogen-bond donors (Lipinski definition) is 3. The Morgan fingerprint density at radius 2 is 2.14 bits per heavy atom. The van der Waals surface area contributed by atoms with Gasteiger partial charge in [0.2, 0.25) is 0 Å². The van der Waals surface area contributed by atoms with Crippen molar-refractivity contribution in [2.75, 3.05) is 6.54 Å². The molecule has 0 unspecified atom stereocenters. The quantitative estimate of drug-likeness (QED) is 0.767. The molecule has 0 saturated heterocycles. The maximum atomic E-state index is 12.4. The van der Waals surface area contributed by atoms with Crippen LogP contribution in [0.3, 0.4) is 0 Å². The molecule has 22 heavy (non-hydrogen) atoms. The first-order valence-corrected chi connectivity index (χ1v) is 7.40. The van der Waals surface area contributed by atoms with Gasteiger partial charge in [0, 0.05) is 13.1 Å². The van der Waals surface area contributed by atoms with E-state index in [1.807, 2.05) is 6.07 Å². The monoisotopic (exact) mass is 308 g/mol. The van der Waals surface area contributed by atoms with Crippen molar-refractivity contribution in [3.05, 3.63) is 29.3 Å². The van der Waals surface area contributed by atoms with E-state index in [0.29, 0.717) is 6.42 Å². The van der Waals surface area contributed by atoms with Crippen LogP contribution in [0.2, 0.25) is 0 Å². The largest absolute Gasteiger partial charge is 0.508 e. The first-order chi connectivity index (χ1) is 10.2. The fourth-order valence-corrected chi connectivity index (χ4v) is 2.62. The van der Waals surface area contributed by atoms with Crippen molar-refractivity contribution in [3.8, 4) is 5.75 Å². The lowest BCUT2D eigenvalue weighted by atomic mass is 9.91. The van der Waals surface area contributed by atoms with E-state index in [9.17, 15) is 15.0 Å². The molecule has 0 radical (unpaired) electrons. The van der Waals surface area contributed by atoms with Gasteiger partial charge in [-0.1, -0.05) is 6.07 Å². The van der Waals surface area contributed by atoms with Crippen molar-refractivity contribution in [3.63, 3.8) is 0 Å². The number of rotatable bonds is 2. The van der Waals surface area contributed by atoms with Gasteiger partial charge in [-0.15, -0.1) is 0 Å². The van der Waals surface area contributed by atoms with E-state index in [4.69, 9.17) is 10.5 Å². The van der Waals surface area contributed by atoms with Gasteiger partial charge in [-0.3, -0.25) is 4.90 Å². The molecule has 1 heterocycles. The summed E-state index contributed by atoms with van der Waals surface area (Å²) >= 11 is 0. The van der Waals surface area contributed by atoms with Crippen LogP contribution in [0.1, 0.15) is 31.9 Å². The van der Waals surface area contributed by atoms with Crippen LogP contribution in [-0.2, 0) is 17.7 Å². The summed E-state index contributed by atoms with van der Waals surface area (Å²) in [7, 11) is 0. The second-order valence-corrected chi connectivity index (χ2v) is 6.64. The van der Waals surface area contributed by atoms with Crippen LogP contribution in [0.15, 0.2) is 18.2 Å². The first kappa shape index (κ1) is 16.6. The van der Waals surface area contributed by atoms with Gasteiger partial charge in [-0.25, -0.2) is 4.79 Å². The summed E-state index contributed by atoms with van der Waals surface area (Å²) in [4.78, 5) is 13.9. The minimum atomic E-state index is -0.825. The number of hydrogen-bond acceptors (Lipinski definition) is 5. The highest BCUT2D eigenvalue weighted by molar-refractivity contribution is 5.69. The topological polar surface area (TPSA) is 96.0 Å². The standard InChI is InChI=1S/C16H24N2O4/c1-16(2,3)22-15(21)18-9-11-6-12(19)5-4-10(11)7-13(18)14(20)8-17/h4-6,13-14,19-20H,7-9,17H2,1-3H3/t13-,14+/m0/s1. The molecule has 6 heteroatoms. The number of phenols is 1. The summed E-state index contributed by atoms with van der Waals surface area (Å²) in [5, 5.41) is 19.8. The molecule has 1 amide bonds. The Kier molecular flexibility index (Phi) is 4.63. The third-order valence-electron chi connectivity index (χ3n) is 3.67. The number of benzene rings is 1. The predicted octanol–water partition coefficient (Wildman–Crippen LogP) is 1.37. The van der Waals surface area contributed by atoms with Crippen molar-refractivity contribution >= 4 is 6.09 Å². The average Bonchev–Trinajstić information content (AvgIpc) is 2.43.